The number of hydrogen-bond acceptors (Lipinski definition) is 1. The number of benzene rings is 1. The molecule has 3 heteroatoms. The fraction of sp³-hybridized carbons (Fsp3) is 0.625. The maximum atomic E-state index is 6.83. The van der Waals surface area contributed by atoms with Gasteiger partial charge in [-0.3, -0.25) is 0 Å². The molecule has 2 aliphatic carbocycles. The zero-order valence-corrected chi connectivity index (χ0v) is 13.2. The highest BCUT2D eigenvalue weighted by Gasteiger charge is 2.54. The molecule has 2 fully saturated rings. The molecule has 4 rings (SSSR count). The quantitative estimate of drug-likeness (QED) is 0.680. The molecule has 102 valence electrons. The fourth-order valence-electron chi connectivity index (χ4n) is 4.19. The van der Waals surface area contributed by atoms with Crippen molar-refractivity contribution in [3.05, 3.63) is 27.7 Å². The molecule has 2 saturated carbocycles. The Bertz CT molecular complexity index is 504. The summed E-state index contributed by atoms with van der Waals surface area (Å²) in [4.78, 5) is 0. The van der Waals surface area contributed by atoms with Crippen molar-refractivity contribution in [1.82, 2.24) is 0 Å². The molecule has 0 amide bonds. The Morgan fingerprint density at radius 2 is 1.95 bits per heavy atom. The molecule has 1 aromatic rings. The van der Waals surface area contributed by atoms with E-state index in [1.807, 2.05) is 0 Å². The molecule has 0 bridgehead atoms. The van der Waals surface area contributed by atoms with E-state index in [-0.39, 0.29) is 5.38 Å². The minimum atomic E-state index is 0.137. The van der Waals surface area contributed by atoms with Crippen LogP contribution < -0.4 is 4.74 Å². The Morgan fingerprint density at radius 3 is 2.68 bits per heavy atom. The molecule has 0 radical (unpaired) electrons. The topological polar surface area (TPSA) is 9.23 Å². The molecular formula is C16H18BrClO. The van der Waals surface area contributed by atoms with E-state index in [0.29, 0.717) is 5.92 Å². The average molecular weight is 342 g/mol. The maximum absolute atomic E-state index is 6.83. The van der Waals surface area contributed by atoms with Crippen molar-refractivity contribution in [2.45, 2.75) is 37.5 Å². The summed E-state index contributed by atoms with van der Waals surface area (Å²) in [7, 11) is 0. The van der Waals surface area contributed by atoms with Crippen LogP contribution in [0, 0.1) is 17.8 Å². The van der Waals surface area contributed by atoms with Crippen LogP contribution in [0.25, 0.3) is 0 Å². The molecule has 3 unspecified atom stereocenters. The van der Waals surface area contributed by atoms with Crippen molar-refractivity contribution in [2.75, 3.05) is 6.61 Å². The number of hydrogen-bond donors (Lipinski definition) is 0. The zero-order valence-electron chi connectivity index (χ0n) is 10.9. The maximum Gasteiger partial charge on any atom is 0.127 e. The minimum Gasteiger partial charge on any atom is -0.493 e. The molecule has 1 heterocycles. The molecule has 1 aromatic carbocycles. The van der Waals surface area contributed by atoms with Gasteiger partial charge in [-0.1, -0.05) is 28.8 Å². The first kappa shape index (κ1) is 12.5. The molecule has 3 atom stereocenters. The van der Waals surface area contributed by atoms with Gasteiger partial charge in [0.1, 0.15) is 5.75 Å². The van der Waals surface area contributed by atoms with Gasteiger partial charge in [0.25, 0.3) is 0 Å². The summed E-state index contributed by atoms with van der Waals surface area (Å²) in [5.74, 6) is 3.53. The van der Waals surface area contributed by atoms with Crippen molar-refractivity contribution in [3.8, 4) is 5.75 Å². The van der Waals surface area contributed by atoms with E-state index < -0.39 is 0 Å². The minimum absolute atomic E-state index is 0.137. The van der Waals surface area contributed by atoms with Crippen molar-refractivity contribution in [1.29, 1.82) is 0 Å². The van der Waals surface area contributed by atoms with E-state index >= 15 is 0 Å². The standard InChI is InChI=1S/C16H18BrClO/c17-10-7-9-5-6-19-16(9)13(8-10)15(18)14-11-3-1-2-4-12(11)14/h7-8,11-12,14-15H,1-6H2. The van der Waals surface area contributed by atoms with Gasteiger partial charge in [-0.05, 0) is 48.3 Å². The summed E-state index contributed by atoms with van der Waals surface area (Å²) in [6.07, 6.45) is 6.58. The van der Waals surface area contributed by atoms with E-state index in [9.17, 15) is 0 Å². The first-order valence-electron chi connectivity index (χ1n) is 7.35. The van der Waals surface area contributed by atoms with Gasteiger partial charge < -0.3 is 4.74 Å². The van der Waals surface area contributed by atoms with Crippen LogP contribution in [-0.4, -0.2) is 6.61 Å². The Kier molecular flexibility index (Phi) is 3.07. The SMILES string of the molecule is ClC(c1cc(Br)cc2c1OCC2)C1C2CCCCC21. The van der Waals surface area contributed by atoms with Crippen LogP contribution in [0.1, 0.15) is 42.2 Å². The Morgan fingerprint density at radius 1 is 1.21 bits per heavy atom. The summed E-state index contributed by atoms with van der Waals surface area (Å²) in [5.41, 5.74) is 2.54. The Balaban J connectivity index is 1.66. The van der Waals surface area contributed by atoms with Crippen molar-refractivity contribution < 1.29 is 4.74 Å². The van der Waals surface area contributed by atoms with Gasteiger partial charge >= 0.3 is 0 Å². The lowest BCUT2D eigenvalue weighted by Crippen LogP contribution is -1.99. The largest absolute Gasteiger partial charge is 0.493 e. The van der Waals surface area contributed by atoms with Gasteiger partial charge in [0.05, 0.1) is 12.0 Å². The van der Waals surface area contributed by atoms with E-state index in [4.69, 9.17) is 16.3 Å². The van der Waals surface area contributed by atoms with E-state index in [1.54, 1.807) is 0 Å². The fourth-order valence-corrected chi connectivity index (χ4v) is 5.25. The summed E-state index contributed by atoms with van der Waals surface area (Å²) in [5, 5.41) is 0.137. The predicted octanol–water partition coefficient (Wildman–Crippen LogP) is 5.10. The van der Waals surface area contributed by atoms with E-state index in [2.05, 4.69) is 28.1 Å². The molecule has 0 spiro atoms. The first-order chi connectivity index (χ1) is 9.25. The number of halogens is 2. The number of rotatable bonds is 2. The normalized spacial score (nSPS) is 33.3. The van der Waals surface area contributed by atoms with Crippen LogP contribution in [0.4, 0.5) is 0 Å². The molecule has 0 saturated heterocycles. The lowest BCUT2D eigenvalue weighted by atomic mass is 10.0. The molecular weight excluding hydrogens is 324 g/mol. The summed E-state index contributed by atoms with van der Waals surface area (Å²) in [6, 6.07) is 4.35. The predicted molar refractivity (Wildman–Crippen MR) is 80.9 cm³/mol. The number of fused-ring (bicyclic) bond motifs is 2. The molecule has 1 nitrogen and oxygen atoms in total. The van der Waals surface area contributed by atoms with Crippen LogP contribution >= 0.6 is 27.5 Å². The molecule has 3 aliphatic rings. The lowest BCUT2D eigenvalue weighted by Gasteiger charge is -2.14. The Labute approximate surface area is 127 Å². The van der Waals surface area contributed by atoms with Crippen molar-refractivity contribution in [2.24, 2.45) is 17.8 Å². The highest BCUT2D eigenvalue weighted by atomic mass is 79.9. The van der Waals surface area contributed by atoms with Gasteiger partial charge in [0.2, 0.25) is 0 Å². The zero-order chi connectivity index (χ0) is 13.0. The van der Waals surface area contributed by atoms with Gasteiger partial charge in [0.15, 0.2) is 0 Å². The third kappa shape index (κ3) is 2.03. The average Bonchev–Trinajstić information content (AvgIpc) is 2.96. The van der Waals surface area contributed by atoms with Crippen LogP contribution in [-0.2, 0) is 6.42 Å². The third-order valence-corrected chi connectivity index (χ3v) is 6.12. The van der Waals surface area contributed by atoms with Crippen molar-refractivity contribution >= 4 is 27.5 Å². The third-order valence-electron chi connectivity index (χ3n) is 5.13. The monoisotopic (exact) mass is 340 g/mol. The second kappa shape index (κ2) is 4.66. The molecule has 1 aliphatic heterocycles. The van der Waals surface area contributed by atoms with Crippen LogP contribution in [0.2, 0.25) is 0 Å². The van der Waals surface area contributed by atoms with E-state index in [1.165, 1.54) is 36.8 Å². The highest BCUT2D eigenvalue weighted by molar-refractivity contribution is 9.10. The van der Waals surface area contributed by atoms with Gasteiger partial charge in [0, 0.05) is 16.5 Å². The number of ether oxygens (including phenoxy) is 1. The van der Waals surface area contributed by atoms with Crippen LogP contribution in [0.15, 0.2) is 16.6 Å². The summed E-state index contributed by atoms with van der Waals surface area (Å²) < 4.78 is 6.97. The second-order valence-corrected chi connectivity index (χ2v) is 7.56. The molecule has 19 heavy (non-hydrogen) atoms. The van der Waals surface area contributed by atoms with Gasteiger partial charge in [-0.15, -0.1) is 11.6 Å². The Hall–Kier alpha value is -0.210. The lowest BCUT2D eigenvalue weighted by molar-refractivity contribution is 0.352. The smallest absolute Gasteiger partial charge is 0.127 e. The van der Waals surface area contributed by atoms with Crippen molar-refractivity contribution in [3.63, 3.8) is 0 Å². The number of alkyl halides is 1. The van der Waals surface area contributed by atoms with Crippen LogP contribution in [0.3, 0.4) is 0 Å². The van der Waals surface area contributed by atoms with Gasteiger partial charge in [-0.2, -0.15) is 0 Å². The highest BCUT2D eigenvalue weighted by Crippen LogP contribution is 2.63. The summed E-state index contributed by atoms with van der Waals surface area (Å²) >= 11 is 10.4. The molecule has 0 aromatic heterocycles. The van der Waals surface area contributed by atoms with Crippen LogP contribution in [0.5, 0.6) is 5.75 Å². The first-order valence-corrected chi connectivity index (χ1v) is 8.58. The summed E-state index contributed by atoms with van der Waals surface area (Å²) in [6.45, 7) is 0.805. The van der Waals surface area contributed by atoms with Gasteiger partial charge in [-0.25, -0.2) is 0 Å². The molecule has 0 N–H and O–H groups in total. The second-order valence-electron chi connectivity index (χ2n) is 6.17. The van der Waals surface area contributed by atoms with E-state index in [0.717, 1.165) is 35.1 Å².